The normalized spacial score (nSPS) is 15.2. The largest absolute Gasteiger partial charge is 0.456 e. The van der Waals surface area contributed by atoms with Crippen molar-refractivity contribution in [3.63, 3.8) is 0 Å². The molecule has 0 aliphatic heterocycles. The number of hydrogen-bond acceptors (Lipinski definition) is 4. The Labute approximate surface area is 555 Å². The van der Waals surface area contributed by atoms with E-state index in [1.165, 1.54) is 117 Å². The number of hydrogen-bond donors (Lipinski definition) is 0. The monoisotopic (exact) mass is 1230 g/mol. The van der Waals surface area contributed by atoms with Gasteiger partial charge in [-0.2, -0.15) is 0 Å². The molecule has 0 amide bonds. The van der Waals surface area contributed by atoms with Crippen LogP contribution in [0, 0.1) is 0 Å². The van der Waals surface area contributed by atoms with E-state index in [9.17, 15) is 0 Å². The van der Waals surface area contributed by atoms with Gasteiger partial charge < -0.3 is 18.2 Å². The molecule has 14 aromatic carbocycles. The summed E-state index contributed by atoms with van der Waals surface area (Å²) in [6.45, 7) is 9.76. The van der Waals surface area contributed by atoms with Crippen LogP contribution in [0.4, 0.5) is 17.1 Å². The molecular formula is C92H61NO3. The molecule has 4 aliphatic rings. The number of para-hydroxylation sites is 3. The van der Waals surface area contributed by atoms with Crippen molar-refractivity contribution in [2.45, 2.75) is 49.4 Å². The molecule has 0 saturated carbocycles. The minimum atomic E-state index is -0.795. The van der Waals surface area contributed by atoms with Crippen molar-refractivity contribution < 1.29 is 13.3 Å². The third-order valence-corrected chi connectivity index (χ3v) is 22.7. The molecule has 3 heterocycles. The molecule has 96 heavy (non-hydrogen) atoms. The maximum Gasteiger partial charge on any atom is 0.144 e. The first-order valence-electron chi connectivity index (χ1n) is 33.6. The molecule has 17 aromatic rings. The van der Waals surface area contributed by atoms with E-state index in [4.69, 9.17) is 13.3 Å². The molecule has 0 atom stereocenters. The molecule has 0 saturated heterocycles. The average Bonchev–Trinajstić information content (AvgIpc) is 1.51. The molecule has 4 heteroatoms. The Bertz CT molecular complexity index is 6120. The number of benzene rings is 14. The van der Waals surface area contributed by atoms with Crippen molar-refractivity contribution >= 4 is 82.9 Å². The lowest BCUT2D eigenvalue weighted by molar-refractivity contribution is 0.600. The van der Waals surface area contributed by atoms with Gasteiger partial charge in [0.05, 0.1) is 10.8 Å². The van der Waals surface area contributed by atoms with Crippen LogP contribution < -0.4 is 4.90 Å². The maximum atomic E-state index is 7.21. The summed E-state index contributed by atoms with van der Waals surface area (Å²) in [4.78, 5) is 2.51. The summed E-state index contributed by atoms with van der Waals surface area (Å²) in [5, 5.41) is 6.76. The first-order chi connectivity index (χ1) is 47.1. The number of nitrogens with zero attached hydrogens (tertiary/aromatic N) is 1. The minimum Gasteiger partial charge on any atom is -0.456 e. The van der Waals surface area contributed by atoms with E-state index in [0.29, 0.717) is 0 Å². The molecule has 0 N–H and O–H groups in total. The van der Waals surface area contributed by atoms with E-state index >= 15 is 0 Å². The lowest BCUT2D eigenvalue weighted by Gasteiger charge is -2.36. The minimum absolute atomic E-state index is 0.278. The Morgan fingerprint density at radius 3 is 1.33 bits per heavy atom. The van der Waals surface area contributed by atoms with Gasteiger partial charge in [-0.3, -0.25) is 0 Å². The van der Waals surface area contributed by atoms with Crippen LogP contribution in [0.1, 0.15) is 94.5 Å². The van der Waals surface area contributed by atoms with Crippen molar-refractivity contribution in [3.05, 3.63) is 364 Å². The van der Waals surface area contributed by atoms with Crippen LogP contribution in [0.15, 0.2) is 311 Å². The lowest BCUT2D eigenvalue weighted by Crippen LogP contribution is -2.30. The third kappa shape index (κ3) is 6.73. The Morgan fingerprint density at radius 2 is 0.677 bits per heavy atom. The number of fused-ring (bicyclic) bond motifs is 25. The van der Waals surface area contributed by atoms with Gasteiger partial charge >= 0.3 is 0 Å². The zero-order chi connectivity index (χ0) is 63.6. The Kier molecular flexibility index (Phi) is 10.6. The first-order valence-corrected chi connectivity index (χ1v) is 33.6. The van der Waals surface area contributed by atoms with Crippen LogP contribution in [0.2, 0.25) is 0 Å². The predicted molar refractivity (Wildman–Crippen MR) is 393 cm³/mol. The highest BCUT2D eigenvalue weighted by molar-refractivity contribution is 6.21. The highest BCUT2D eigenvalue weighted by atomic mass is 16.3. The van der Waals surface area contributed by atoms with Gasteiger partial charge in [-0.1, -0.05) is 246 Å². The summed E-state index contributed by atoms with van der Waals surface area (Å²) in [6, 6.07) is 111. The van der Waals surface area contributed by atoms with Gasteiger partial charge in [0.1, 0.15) is 33.5 Å². The second-order valence-electron chi connectivity index (χ2n) is 28.0. The molecule has 0 spiro atoms. The summed E-state index contributed by atoms with van der Waals surface area (Å²) in [7, 11) is 0. The highest BCUT2D eigenvalue weighted by Crippen LogP contribution is 2.67. The summed E-state index contributed by atoms with van der Waals surface area (Å²) in [5.74, 6) is 0. The number of anilines is 3. The summed E-state index contributed by atoms with van der Waals surface area (Å²) in [6.07, 6.45) is 0. The van der Waals surface area contributed by atoms with Crippen LogP contribution in [0.25, 0.3) is 110 Å². The molecule has 4 aliphatic carbocycles. The topological polar surface area (TPSA) is 42.7 Å². The molecule has 0 fully saturated rings. The standard InChI is InChI=1S/C92H61NO3/c1-89(2)70-37-21-17-34-63(70)83-84-66-36-20-24-40-78(66)96-88(84)85-64-45-42-59(50-72(64)90(3,4)87(85)86(83)89)93(58-43-47-79-68(49-58)62-33-18-22-38-76(62)94-79)60-41-44-61-67-52-75-69(53-74(67)92(73(61)51-60,56-29-13-7-14-30-56)57-31-15-8-16-32-57)81-71(46-48-80-82(81)65-35-19-23-39-77(65)95-80)91(75,54-25-9-5-10-26-54)55-27-11-6-12-28-55/h5-53H,1-4H3. The second-order valence-corrected chi connectivity index (χ2v) is 28.0. The van der Waals surface area contributed by atoms with Gasteiger partial charge in [0, 0.05) is 65.8 Å². The van der Waals surface area contributed by atoms with E-state index in [1.54, 1.807) is 0 Å². The first kappa shape index (κ1) is 53.8. The Morgan fingerprint density at radius 1 is 0.250 bits per heavy atom. The van der Waals surface area contributed by atoms with Gasteiger partial charge in [0.2, 0.25) is 0 Å². The fourth-order valence-electron chi connectivity index (χ4n) is 18.9. The van der Waals surface area contributed by atoms with Gasteiger partial charge in [-0.05, 0) is 185 Å². The van der Waals surface area contributed by atoms with Crippen molar-refractivity contribution in [2.75, 3.05) is 4.90 Å². The third-order valence-electron chi connectivity index (χ3n) is 22.7. The van der Waals surface area contributed by atoms with Gasteiger partial charge in [-0.25, -0.2) is 0 Å². The van der Waals surface area contributed by atoms with Crippen molar-refractivity contribution in [1.29, 1.82) is 0 Å². The molecule has 3 aromatic heterocycles. The zero-order valence-corrected chi connectivity index (χ0v) is 53.5. The van der Waals surface area contributed by atoms with Crippen molar-refractivity contribution in [3.8, 4) is 44.5 Å². The molecule has 0 radical (unpaired) electrons. The summed E-state index contributed by atoms with van der Waals surface area (Å²) >= 11 is 0. The lowest BCUT2D eigenvalue weighted by atomic mass is 9.66. The van der Waals surface area contributed by atoms with Crippen LogP contribution in [-0.2, 0) is 21.7 Å². The van der Waals surface area contributed by atoms with Gasteiger partial charge in [0.15, 0.2) is 0 Å². The number of furan rings is 3. The smallest absolute Gasteiger partial charge is 0.144 e. The van der Waals surface area contributed by atoms with Crippen LogP contribution in [0.5, 0.6) is 0 Å². The number of rotatable bonds is 7. The van der Waals surface area contributed by atoms with E-state index < -0.39 is 16.2 Å². The molecule has 0 unspecified atom stereocenters. The fourth-order valence-corrected chi connectivity index (χ4v) is 18.9. The van der Waals surface area contributed by atoms with E-state index in [1.807, 2.05) is 0 Å². The molecular weight excluding hydrogens is 1170 g/mol. The maximum absolute atomic E-state index is 7.21. The molecule has 452 valence electrons. The average molecular weight is 1230 g/mol. The van der Waals surface area contributed by atoms with E-state index in [-0.39, 0.29) is 5.41 Å². The van der Waals surface area contributed by atoms with Gasteiger partial charge in [-0.15, -0.1) is 0 Å². The van der Waals surface area contributed by atoms with Crippen LogP contribution in [0.3, 0.4) is 0 Å². The molecule has 4 nitrogen and oxygen atoms in total. The van der Waals surface area contributed by atoms with E-state index in [2.05, 4.69) is 330 Å². The summed E-state index contributed by atoms with van der Waals surface area (Å²) in [5.41, 5.74) is 31.3. The van der Waals surface area contributed by atoms with Gasteiger partial charge in [0.25, 0.3) is 0 Å². The van der Waals surface area contributed by atoms with Crippen LogP contribution >= 0.6 is 0 Å². The fraction of sp³-hybridized carbons (Fsp3) is 0.0870. The molecule has 21 rings (SSSR count). The SMILES string of the molecule is CC1(C)c2cc(N(c3ccc4c(c3)C(c3ccccc3)(c3ccccc3)c3cc5c(cc3-4)C(c3ccccc3)(c3ccccc3)c3ccc4oc6ccccc6c4c3-5)c3ccc4oc5ccccc5c4c3)ccc2-c2c1c1c(c3c2oc2ccccc23)-c2ccccc2C1(C)C. The van der Waals surface area contributed by atoms with Crippen LogP contribution in [-0.4, -0.2) is 0 Å². The Hall–Kier alpha value is -11.7. The highest BCUT2D eigenvalue weighted by Gasteiger charge is 2.53. The zero-order valence-electron chi connectivity index (χ0n) is 53.5. The Balaban J connectivity index is 0.848. The quantitative estimate of drug-likeness (QED) is 0.159. The molecule has 0 bridgehead atoms. The summed E-state index contributed by atoms with van der Waals surface area (Å²) < 4.78 is 20.7. The van der Waals surface area contributed by atoms with Crippen molar-refractivity contribution in [2.24, 2.45) is 0 Å². The van der Waals surface area contributed by atoms with E-state index in [0.717, 1.165) is 77.5 Å². The second kappa shape index (κ2) is 19.0. The predicted octanol–water partition coefficient (Wildman–Crippen LogP) is 24.2. The van der Waals surface area contributed by atoms with Crippen molar-refractivity contribution in [1.82, 2.24) is 0 Å².